The van der Waals surface area contributed by atoms with Crippen molar-refractivity contribution in [2.75, 3.05) is 19.8 Å². The summed E-state index contributed by atoms with van der Waals surface area (Å²) in [5.74, 6) is 0.189. The molecule has 4 nitrogen and oxygen atoms in total. The number of hydrogen-bond acceptors (Lipinski definition) is 3. The summed E-state index contributed by atoms with van der Waals surface area (Å²) < 4.78 is 5.21. The Labute approximate surface area is 92.0 Å². The lowest BCUT2D eigenvalue weighted by molar-refractivity contribution is -0.123. The lowest BCUT2D eigenvalue weighted by atomic mass is 10.1. The van der Waals surface area contributed by atoms with Gasteiger partial charge in [-0.15, -0.1) is 0 Å². The molecule has 0 aliphatic carbocycles. The molecule has 0 bridgehead atoms. The first-order valence-electron chi connectivity index (χ1n) is 5.59. The van der Waals surface area contributed by atoms with Gasteiger partial charge in [-0.25, -0.2) is 0 Å². The molecule has 90 valence electrons. The summed E-state index contributed by atoms with van der Waals surface area (Å²) in [6.45, 7) is 7.10. The van der Waals surface area contributed by atoms with Crippen molar-refractivity contribution in [2.24, 2.45) is 5.92 Å². The lowest BCUT2D eigenvalue weighted by Gasteiger charge is -2.19. The molecule has 0 aromatic carbocycles. The van der Waals surface area contributed by atoms with E-state index in [1.165, 1.54) is 0 Å². The minimum absolute atomic E-state index is 0.0147. The molecular formula is C11H23NO3. The molecule has 0 spiro atoms. The van der Waals surface area contributed by atoms with Gasteiger partial charge in [0.15, 0.2) is 0 Å². The molecule has 0 radical (unpaired) electrons. The van der Waals surface area contributed by atoms with E-state index in [9.17, 15) is 4.79 Å². The Kier molecular flexibility index (Phi) is 8.33. The minimum atomic E-state index is -0.149. The molecule has 0 saturated carbocycles. The second-order valence-electron chi connectivity index (χ2n) is 3.96. The lowest BCUT2D eigenvalue weighted by Crippen LogP contribution is -2.41. The highest BCUT2D eigenvalue weighted by atomic mass is 16.5. The number of amides is 1. The second-order valence-corrected chi connectivity index (χ2v) is 3.96. The Hall–Kier alpha value is -0.610. The van der Waals surface area contributed by atoms with Crippen LogP contribution in [0.4, 0.5) is 0 Å². The average molecular weight is 217 g/mol. The zero-order valence-corrected chi connectivity index (χ0v) is 9.95. The van der Waals surface area contributed by atoms with Gasteiger partial charge in [-0.2, -0.15) is 0 Å². The fourth-order valence-corrected chi connectivity index (χ4v) is 1.11. The first-order valence-corrected chi connectivity index (χ1v) is 5.59. The van der Waals surface area contributed by atoms with Gasteiger partial charge in [0.2, 0.25) is 5.91 Å². The van der Waals surface area contributed by atoms with Crippen molar-refractivity contribution in [1.82, 2.24) is 5.32 Å². The number of aliphatic hydroxyl groups is 1. The van der Waals surface area contributed by atoms with Crippen molar-refractivity contribution < 1.29 is 14.6 Å². The quantitative estimate of drug-likeness (QED) is 0.595. The van der Waals surface area contributed by atoms with Crippen LogP contribution in [-0.4, -0.2) is 36.9 Å². The van der Waals surface area contributed by atoms with E-state index in [0.717, 1.165) is 6.42 Å². The number of rotatable bonds is 8. The van der Waals surface area contributed by atoms with Crippen LogP contribution in [0, 0.1) is 5.92 Å². The minimum Gasteiger partial charge on any atom is -0.394 e. The topological polar surface area (TPSA) is 58.6 Å². The van der Waals surface area contributed by atoms with E-state index in [1.54, 1.807) is 0 Å². The molecule has 0 unspecified atom stereocenters. The van der Waals surface area contributed by atoms with E-state index in [0.29, 0.717) is 19.6 Å². The molecule has 0 heterocycles. The maximum absolute atomic E-state index is 11.4. The van der Waals surface area contributed by atoms with Crippen LogP contribution in [0.3, 0.4) is 0 Å². The number of nitrogens with one attached hydrogen (secondary N) is 1. The van der Waals surface area contributed by atoms with Crippen molar-refractivity contribution in [1.29, 1.82) is 0 Å². The summed E-state index contributed by atoms with van der Waals surface area (Å²) in [6.07, 6.45) is 1.33. The normalized spacial score (nSPS) is 12.9. The van der Waals surface area contributed by atoms with Gasteiger partial charge in [-0.3, -0.25) is 4.79 Å². The molecule has 0 fully saturated rings. The summed E-state index contributed by atoms with van der Waals surface area (Å²) in [4.78, 5) is 11.4. The molecule has 4 heteroatoms. The summed E-state index contributed by atoms with van der Waals surface area (Å²) in [6, 6.07) is -0.149. The Bertz CT molecular complexity index is 171. The Balaban J connectivity index is 3.62. The fourth-order valence-electron chi connectivity index (χ4n) is 1.11. The van der Waals surface area contributed by atoms with E-state index in [2.05, 4.69) is 5.32 Å². The van der Waals surface area contributed by atoms with Gasteiger partial charge in [-0.05, 0) is 12.3 Å². The predicted molar refractivity (Wildman–Crippen MR) is 59.6 cm³/mol. The second kappa shape index (κ2) is 8.68. The van der Waals surface area contributed by atoms with Crippen LogP contribution in [0.1, 0.15) is 33.6 Å². The fraction of sp³-hybridized carbons (Fsp3) is 0.909. The van der Waals surface area contributed by atoms with E-state index >= 15 is 0 Å². The molecule has 0 aliphatic rings. The van der Waals surface area contributed by atoms with Crippen LogP contribution in [0.2, 0.25) is 0 Å². The van der Waals surface area contributed by atoms with Gasteiger partial charge in [0, 0.05) is 13.0 Å². The van der Waals surface area contributed by atoms with Crippen LogP contribution in [-0.2, 0) is 9.53 Å². The largest absolute Gasteiger partial charge is 0.394 e. The highest BCUT2D eigenvalue weighted by molar-refractivity contribution is 5.76. The van der Waals surface area contributed by atoms with Crippen molar-refractivity contribution in [2.45, 2.75) is 39.7 Å². The Morgan fingerprint density at radius 1 is 1.40 bits per heavy atom. The monoisotopic (exact) mass is 217 g/mol. The summed E-state index contributed by atoms with van der Waals surface area (Å²) >= 11 is 0. The molecule has 2 N–H and O–H groups in total. The van der Waals surface area contributed by atoms with Crippen LogP contribution < -0.4 is 5.32 Å². The summed E-state index contributed by atoms with van der Waals surface area (Å²) in [5, 5.41) is 11.8. The molecule has 15 heavy (non-hydrogen) atoms. The number of ether oxygens (including phenoxy) is 1. The molecule has 0 aromatic rings. The van der Waals surface area contributed by atoms with Crippen molar-refractivity contribution in [3.05, 3.63) is 0 Å². The molecule has 0 saturated heterocycles. The molecule has 1 amide bonds. The van der Waals surface area contributed by atoms with E-state index in [1.807, 2.05) is 20.8 Å². The first kappa shape index (κ1) is 14.4. The van der Waals surface area contributed by atoms with Gasteiger partial charge < -0.3 is 15.2 Å². The summed E-state index contributed by atoms with van der Waals surface area (Å²) in [5.41, 5.74) is 0. The number of carbonyl (C=O) groups is 1. The van der Waals surface area contributed by atoms with Gasteiger partial charge in [0.05, 0.1) is 19.3 Å². The van der Waals surface area contributed by atoms with Crippen molar-refractivity contribution >= 4 is 5.91 Å². The smallest absolute Gasteiger partial charge is 0.222 e. The zero-order valence-electron chi connectivity index (χ0n) is 9.95. The molecule has 0 aromatic heterocycles. The van der Waals surface area contributed by atoms with E-state index in [4.69, 9.17) is 9.84 Å². The van der Waals surface area contributed by atoms with Crippen LogP contribution in [0.15, 0.2) is 0 Å². The third-order valence-corrected chi connectivity index (χ3v) is 2.17. The molecular weight excluding hydrogens is 194 g/mol. The maximum atomic E-state index is 11.4. The van der Waals surface area contributed by atoms with Crippen molar-refractivity contribution in [3.8, 4) is 0 Å². The first-order chi connectivity index (χ1) is 7.11. The SMILES string of the molecule is CCCOCCC(=O)N[C@H](CO)C(C)C. The van der Waals surface area contributed by atoms with Gasteiger partial charge >= 0.3 is 0 Å². The van der Waals surface area contributed by atoms with Crippen molar-refractivity contribution in [3.63, 3.8) is 0 Å². The third kappa shape index (κ3) is 7.33. The molecule has 0 aliphatic heterocycles. The van der Waals surface area contributed by atoms with E-state index < -0.39 is 0 Å². The van der Waals surface area contributed by atoms with E-state index in [-0.39, 0.29) is 24.5 Å². The van der Waals surface area contributed by atoms with Crippen LogP contribution in [0.25, 0.3) is 0 Å². The summed E-state index contributed by atoms with van der Waals surface area (Å²) in [7, 11) is 0. The predicted octanol–water partition coefficient (Wildman–Crippen LogP) is 0.936. The Morgan fingerprint density at radius 2 is 2.07 bits per heavy atom. The zero-order chi connectivity index (χ0) is 11.7. The standard InChI is InChI=1S/C11H23NO3/c1-4-6-15-7-5-11(14)12-10(8-13)9(2)3/h9-10,13H,4-8H2,1-3H3,(H,12,14)/t10-/m1/s1. The highest BCUT2D eigenvalue weighted by Gasteiger charge is 2.14. The highest BCUT2D eigenvalue weighted by Crippen LogP contribution is 2.00. The van der Waals surface area contributed by atoms with Crippen LogP contribution in [0.5, 0.6) is 0 Å². The average Bonchev–Trinajstić information content (AvgIpc) is 2.20. The number of aliphatic hydroxyl groups excluding tert-OH is 1. The van der Waals surface area contributed by atoms with Gasteiger partial charge in [-0.1, -0.05) is 20.8 Å². The third-order valence-electron chi connectivity index (χ3n) is 2.17. The number of carbonyl (C=O) groups excluding carboxylic acids is 1. The molecule has 1 atom stereocenters. The maximum Gasteiger partial charge on any atom is 0.222 e. The van der Waals surface area contributed by atoms with Crippen LogP contribution >= 0.6 is 0 Å². The Morgan fingerprint density at radius 3 is 2.53 bits per heavy atom. The number of hydrogen-bond donors (Lipinski definition) is 2. The molecule has 0 rings (SSSR count). The van der Waals surface area contributed by atoms with Gasteiger partial charge in [0.1, 0.15) is 0 Å². The van der Waals surface area contributed by atoms with Gasteiger partial charge in [0.25, 0.3) is 0 Å².